The minimum absolute atomic E-state index is 0.190. The summed E-state index contributed by atoms with van der Waals surface area (Å²) < 4.78 is 24.1. The van der Waals surface area contributed by atoms with Crippen LogP contribution in [-0.4, -0.2) is 18.9 Å². The number of fused-ring (bicyclic) bond motifs is 1. The van der Waals surface area contributed by atoms with E-state index in [4.69, 9.17) is 9.47 Å². The zero-order chi connectivity index (χ0) is 20.1. The Labute approximate surface area is 168 Å². The molecule has 0 saturated carbocycles. The second-order valence-corrected chi connectivity index (χ2v) is 6.88. The zero-order valence-corrected chi connectivity index (χ0v) is 15.7. The van der Waals surface area contributed by atoms with Gasteiger partial charge >= 0.3 is 6.03 Å². The maximum atomic E-state index is 13.2. The van der Waals surface area contributed by atoms with Crippen LogP contribution in [0.25, 0.3) is 0 Å². The molecular formula is C23H21FN2O3. The number of urea groups is 1. The van der Waals surface area contributed by atoms with Crippen molar-refractivity contribution < 1.29 is 18.7 Å². The van der Waals surface area contributed by atoms with E-state index >= 15 is 0 Å². The third-order valence-electron chi connectivity index (χ3n) is 4.68. The highest BCUT2D eigenvalue weighted by Crippen LogP contribution is 2.32. The summed E-state index contributed by atoms with van der Waals surface area (Å²) in [6, 6.07) is 20.9. The topological polar surface area (TPSA) is 59.6 Å². The van der Waals surface area contributed by atoms with Gasteiger partial charge in [-0.25, -0.2) is 9.18 Å². The Morgan fingerprint density at radius 2 is 1.59 bits per heavy atom. The minimum atomic E-state index is -0.288. The number of carbonyl (C=O) groups excluding carboxylic acids is 1. The SMILES string of the molecule is O=C(Nc1ccccc1)N[C@H](Cc1ccc(F)cc1)Cc1ccc2c(c1)OCO2. The molecule has 0 spiro atoms. The maximum absolute atomic E-state index is 13.2. The van der Waals surface area contributed by atoms with Crippen LogP contribution >= 0.6 is 0 Å². The number of carbonyl (C=O) groups is 1. The van der Waals surface area contributed by atoms with Gasteiger partial charge in [0.15, 0.2) is 11.5 Å². The number of rotatable bonds is 6. The van der Waals surface area contributed by atoms with Gasteiger partial charge in [0, 0.05) is 11.7 Å². The monoisotopic (exact) mass is 392 g/mol. The number of nitrogens with one attached hydrogen (secondary N) is 2. The van der Waals surface area contributed by atoms with Crippen molar-refractivity contribution in [3.8, 4) is 11.5 Å². The van der Waals surface area contributed by atoms with Crippen molar-refractivity contribution in [3.05, 3.63) is 89.7 Å². The molecular weight excluding hydrogens is 371 g/mol. The number of benzene rings is 3. The molecule has 0 unspecified atom stereocenters. The zero-order valence-electron chi connectivity index (χ0n) is 15.7. The number of ether oxygens (including phenoxy) is 2. The Morgan fingerprint density at radius 1 is 0.897 bits per heavy atom. The van der Waals surface area contributed by atoms with Gasteiger partial charge in [-0.1, -0.05) is 36.4 Å². The largest absolute Gasteiger partial charge is 0.454 e. The van der Waals surface area contributed by atoms with Gasteiger partial charge in [-0.05, 0) is 60.4 Å². The fourth-order valence-electron chi connectivity index (χ4n) is 3.31. The van der Waals surface area contributed by atoms with Crippen molar-refractivity contribution >= 4 is 11.7 Å². The molecule has 0 bridgehead atoms. The highest BCUT2D eigenvalue weighted by Gasteiger charge is 2.18. The predicted octanol–water partition coefficient (Wildman–Crippen LogP) is 4.53. The highest BCUT2D eigenvalue weighted by atomic mass is 19.1. The molecule has 29 heavy (non-hydrogen) atoms. The van der Waals surface area contributed by atoms with Crippen LogP contribution in [0.1, 0.15) is 11.1 Å². The van der Waals surface area contributed by atoms with Gasteiger partial charge in [-0.2, -0.15) is 0 Å². The normalized spacial score (nSPS) is 13.0. The Kier molecular flexibility index (Phi) is 5.61. The second kappa shape index (κ2) is 8.65. The third kappa shape index (κ3) is 5.04. The first-order valence-corrected chi connectivity index (χ1v) is 9.41. The van der Waals surface area contributed by atoms with Crippen LogP contribution in [0.5, 0.6) is 11.5 Å². The van der Waals surface area contributed by atoms with Crippen molar-refractivity contribution in [2.24, 2.45) is 0 Å². The van der Waals surface area contributed by atoms with E-state index in [1.165, 1.54) is 12.1 Å². The lowest BCUT2D eigenvalue weighted by molar-refractivity contribution is 0.174. The first-order chi connectivity index (χ1) is 14.2. The van der Waals surface area contributed by atoms with Crippen molar-refractivity contribution in [1.82, 2.24) is 5.32 Å². The van der Waals surface area contributed by atoms with E-state index in [1.54, 1.807) is 12.1 Å². The van der Waals surface area contributed by atoms with E-state index in [9.17, 15) is 9.18 Å². The molecule has 0 fully saturated rings. The van der Waals surface area contributed by atoms with E-state index in [2.05, 4.69) is 10.6 Å². The standard InChI is InChI=1S/C23H21FN2O3/c24-18-9-6-16(7-10-18)12-20(26-23(27)25-19-4-2-1-3-5-19)13-17-8-11-21-22(14-17)29-15-28-21/h1-11,14,20H,12-13,15H2,(H2,25,26,27)/t20-/m1/s1. The van der Waals surface area contributed by atoms with E-state index in [0.29, 0.717) is 24.3 Å². The molecule has 3 aromatic rings. The van der Waals surface area contributed by atoms with Gasteiger partial charge in [-0.3, -0.25) is 0 Å². The average molecular weight is 392 g/mol. The number of halogens is 1. The molecule has 2 N–H and O–H groups in total. The van der Waals surface area contributed by atoms with Gasteiger partial charge in [0.05, 0.1) is 0 Å². The lowest BCUT2D eigenvalue weighted by Crippen LogP contribution is -2.40. The molecule has 0 radical (unpaired) electrons. The van der Waals surface area contributed by atoms with Crippen LogP contribution in [0.15, 0.2) is 72.8 Å². The van der Waals surface area contributed by atoms with Gasteiger partial charge < -0.3 is 20.1 Å². The summed E-state index contributed by atoms with van der Waals surface area (Å²) in [6.45, 7) is 0.218. The summed E-state index contributed by atoms with van der Waals surface area (Å²) in [5.74, 6) is 1.14. The van der Waals surface area contributed by atoms with Gasteiger partial charge in [0.1, 0.15) is 5.82 Å². The molecule has 0 saturated heterocycles. The Balaban J connectivity index is 1.48. The van der Waals surface area contributed by atoms with Gasteiger partial charge in [0.25, 0.3) is 0 Å². The summed E-state index contributed by atoms with van der Waals surface area (Å²) in [4.78, 5) is 12.5. The maximum Gasteiger partial charge on any atom is 0.319 e. The summed E-state index contributed by atoms with van der Waals surface area (Å²) in [6.07, 6.45) is 1.16. The van der Waals surface area contributed by atoms with Crippen molar-refractivity contribution in [1.29, 1.82) is 0 Å². The fraction of sp³-hybridized carbons (Fsp3) is 0.174. The summed E-state index contributed by atoms with van der Waals surface area (Å²) >= 11 is 0. The molecule has 148 valence electrons. The molecule has 1 heterocycles. The van der Waals surface area contributed by atoms with Gasteiger partial charge in [0.2, 0.25) is 6.79 Å². The molecule has 1 aliphatic rings. The lowest BCUT2D eigenvalue weighted by Gasteiger charge is -2.20. The van der Waals surface area contributed by atoms with E-state index < -0.39 is 0 Å². The molecule has 2 amide bonds. The van der Waals surface area contributed by atoms with Crippen molar-refractivity contribution in [2.45, 2.75) is 18.9 Å². The number of anilines is 1. The lowest BCUT2D eigenvalue weighted by atomic mass is 9.98. The molecule has 1 aliphatic heterocycles. The quantitative estimate of drug-likeness (QED) is 0.648. The predicted molar refractivity (Wildman–Crippen MR) is 109 cm³/mol. The summed E-state index contributed by atoms with van der Waals surface area (Å²) in [5, 5.41) is 5.87. The molecule has 6 heteroatoms. The minimum Gasteiger partial charge on any atom is -0.454 e. The fourth-order valence-corrected chi connectivity index (χ4v) is 3.31. The first-order valence-electron chi connectivity index (χ1n) is 9.41. The summed E-state index contributed by atoms with van der Waals surface area (Å²) in [5.41, 5.74) is 2.67. The first kappa shape index (κ1) is 18.8. The highest BCUT2D eigenvalue weighted by molar-refractivity contribution is 5.89. The van der Waals surface area contributed by atoms with Crippen molar-refractivity contribution in [3.63, 3.8) is 0 Å². The van der Waals surface area contributed by atoms with E-state index in [-0.39, 0.29) is 24.7 Å². The Bertz CT molecular complexity index is 977. The Hall–Kier alpha value is -3.54. The third-order valence-corrected chi connectivity index (χ3v) is 4.68. The number of para-hydroxylation sites is 1. The molecule has 0 aliphatic carbocycles. The van der Waals surface area contributed by atoms with Crippen LogP contribution in [0.3, 0.4) is 0 Å². The number of hydrogen-bond acceptors (Lipinski definition) is 3. The average Bonchev–Trinajstić information content (AvgIpc) is 3.18. The second-order valence-electron chi connectivity index (χ2n) is 6.88. The number of hydrogen-bond donors (Lipinski definition) is 2. The van der Waals surface area contributed by atoms with E-state index in [0.717, 1.165) is 16.9 Å². The molecule has 4 rings (SSSR count). The Morgan fingerprint density at radius 3 is 2.38 bits per heavy atom. The van der Waals surface area contributed by atoms with Crippen LogP contribution in [-0.2, 0) is 12.8 Å². The number of amides is 2. The molecule has 0 aromatic heterocycles. The van der Waals surface area contributed by atoms with Crippen molar-refractivity contribution in [2.75, 3.05) is 12.1 Å². The van der Waals surface area contributed by atoms with Crippen LogP contribution in [0, 0.1) is 5.82 Å². The molecule has 3 aromatic carbocycles. The molecule has 1 atom stereocenters. The van der Waals surface area contributed by atoms with Crippen LogP contribution < -0.4 is 20.1 Å². The molecule has 5 nitrogen and oxygen atoms in total. The van der Waals surface area contributed by atoms with Crippen LogP contribution in [0.4, 0.5) is 14.9 Å². The summed E-state index contributed by atoms with van der Waals surface area (Å²) in [7, 11) is 0. The van der Waals surface area contributed by atoms with Crippen LogP contribution in [0.2, 0.25) is 0 Å². The van der Waals surface area contributed by atoms with Gasteiger partial charge in [-0.15, -0.1) is 0 Å². The smallest absolute Gasteiger partial charge is 0.319 e. The van der Waals surface area contributed by atoms with E-state index in [1.807, 2.05) is 48.5 Å².